The molecule has 1 aliphatic rings. The Bertz CT molecular complexity index is 1700. The summed E-state index contributed by atoms with van der Waals surface area (Å²) >= 11 is 12.8. The molecule has 0 saturated carbocycles. The second kappa shape index (κ2) is 11.6. The Kier molecular flexibility index (Phi) is 7.55. The van der Waals surface area contributed by atoms with E-state index in [1.54, 1.807) is 17.2 Å². The van der Waals surface area contributed by atoms with E-state index in [2.05, 4.69) is 0 Å². The lowest BCUT2D eigenvalue weighted by atomic mass is 10.1. The number of rotatable bonds is 8. The lowest BCUT2D eigenvalue weighted by Crippen LogP contribution is -2.27. The van der Waals surface area contributed by atoms with Crippen molar-refractivity contribution >= 4 is 51.9 Å². The van der Waals surface area contributed by atoms with Gasteiger partial charge in [0.05, 0.1) is 23.4 Å². The summed E-state index contributed by atoms with van der Waals surface area (Å²) in [6.45, 7) is 0.697. The summed E-state index contributed by atoms with van der Waals surface area (Å²) in [6.07, 6.45) is 5.36. The van der Waals surface area contributed by atoms with Gasteiger partial charge in [0.25, 0.3) is 5.91 Å². The molecule has 1 aliphatic heterocycles. The third kappa shape index (κ3) is 5.74. The first kappa shape index (κ1) is 26.1. The molecule has 6 rings (SSSR count). The zero-order chi connectivity index (χ0) is 27.5. The molecule has 0 spiro atoms. The summed E-state index contributed by atoms with van der Waals surface area (Å²) in [5.74, 6) is 1.22. The summed E-state index contributed by atoms with van der Waals surface area (Å²) in [4.78, 5) is 15.4. The number of hydrogen-bond donors (Lipinski definition) is 0. The first-order valence-corrected chi connectivity index (χ1v) is 14.0. The standard InChI is InChI=1S/C31H22ClN3O3S2/c32-24-13-11-21(12-14-24)20-38-26-9-4-6-22(16-26)29-23(18-35(33-29)25-7-2-1-3-8-25)17-28-30(36)34(31(39)40-28)19-27-10-5-15-37-27/h1-18H,19-20H2. The van der Waals surface area contributed by atoms with Crippen LogP contribution in [0.5, 0.6) is 5.75 Å². The number of para-hydroxylation sites is 1. The molecule has 1 saturated heterocycles. The number of halogens is 1. The van der Waals surface area contributed by atoms with Crippen molar-refractivity contribution in [1.82, 2.24) is 14.7 Å². The molecular formula is C31H22ClN3O3S2. The Morgan fingerprint density at radius 1 is 1.00 bits per heavy atom. The van der Waals surface area contributed by atoms with Gasteiger partial charge in [0.2, 0.25) is 0 Å². The van der Waals surface area contributed by atoms with Crippen LogP contribution in [0, 0.1) is 0 Å². The van der Waals surface area contributed by atoms with Crippen molar-refractivity contribution in [2.24, 2.45) is 0 Å². The number of carbonyl (C=O) groups is 1. The van der Waals surface area contributed by atoms with Crippen LogP contribution in [0.15, 0.2) is 113 Å². The summed E-state index contributed by atoms with van der Waals surface area (Å²) in [5, 5.41) is 5.59. The summed E-state index contributed by atoms with van der Waals surface area (Å²) in [7, 11) is 0. The van der Waals surface area contributed by atoms with Crippen LogP contribution in [-0.4, -0.2) is 24.9 Å². The maximum Gasteiger partial charge on any atom is 0.266 e. The van der Waals surface area contributed by atoms with Gasteiger partial charge in [0, 0.05) is 22.3 Å². The maximum absolute atomic E-state index is 13.3. The summed E-state index contributed by atoms with van der Waals surface area (Å²) in [6, 6.07) is 28.8. The van der Waals surface area contributed by atoms with Crippen molar-refractivity contribution in [3.63, 3.8) is 0 Å². The third-order valence-corrected chi connectivity index (χ3v) is 7.87. The molecule has 0 N–H and O–H groups in total. The summed E-state index contributed by atoms with van der Waals surface area (Å²) in [5.41, 5.74) is 4.29. The van der Waals surface area contributed by atoms with Crippen LogP contribution in [0.4, 0.5) is 0 Å². The predicted molar refractivity (Wildman–Crippen MR) is 162 cm³/mol. The fraction of sp³-hybridized carbons (Fsp3) is 0.0645. The molecule has 5 aromatic rings. The van der Waals surface area contributed by atoms with E-state index in [4.69, 9.17) is 38.1 Å². The van der Waals surface area contributed by atoms with Crippen molar-refractivity contribution in [3.05, 3.63) is 130 Å². The highest BCUT2D eigenvalue weighted by Gasteiger charge is 2.33. The number of benzene rings is 3. The molecule has 1 fully saturated rings. The normalized spacial score (nSPS) is 14.3. The lowest BCUT2D eigenvalue weighted by Gasteiger charge is -2.11. The smallest absolute Gasteiger partial charge is 0.266 e. The van der Waals surface area contributed by atoms with E-state index >= 15 is 0 Å². The van der Waals surface area contributed by atoms with Crippen LogP contribution in [0.1, 0.15) is 16.9 Å². The zero-order valence-corrected chi connectivity index (χ0v) is 23.5. The number of carbonyl (C=O) groups excluding carboxylic acids is 1. The average molecular weight is 584 g/mol. The molecule has 0 radical (unpaired) electrons. The van der Waals surface area contributed by atoms with Crippen molar-refractivity contribution in [3.8, 4) is 22.7 Å². The average Bonchev–Trinajstić information content (AvgIpc) is 3.71. The first-order valence-electron chi connectivity index (χ1n) is 12.4. The van der Waals surface area contributed by atoms with Crippen molar-refractivity contribution in [1.29, 1.82) is 0 Å². The minimum atomic E-state index is -0.162. The molecule has 1 amide bonds. The number of thiocarbonyl (C=S) groups is 1. The maximum atomic E-state index is 13.3. The third-order valence-electron chi connectivity index (χ3n) is 6.24. The van der Waals surface area contributed by atoms with Crippen molar-refractivity contribution in [2.45, 2.75) is 13.2 Å². The number of nitrogens with zero attached hydrogens (tertiary/aromatic N) is 3. The van der Waals surface area contributed by atoms with Gasteiger partial charge in [-0.1, -0.05) is 78.0 Å². The van der Waals surface area contributed by atoms with Gasteiger partial charge in [-0.05, 0) is 60.2 Å². The van der Waals surface area contributed by atoms with Crippen LogP contribution in [0.3, 0.4) is 0 Å². The second-order valence-electron chi connectivity index (χ2n) is 9.00. The molecule has 0 atom stereocenters. The van der Waals surface area contributed by atoms with E-state index in [0.717, 1.165) is 28.1 Å². The van der Waals surface area contributed by atoms with Crippen LogP contribution in [0.2, 0.25) is 5.02 Å². The van der Waals surface area contributed by atoms with Crippen LogP contribution in [-0.2, 0) is 17.9 Å². The second-order valence-corrected chi connectivity index (χ2v) is 11.1. The molecule has 0 aliphatic carbocycles. The molecule has 6 nitrogen and oxygen atoms in total. The number of furan rings is 1. The quantitative estimate of drug-likeness (QED) is 0.137. The van der Waals surface area contributed by atoms with Gasteiger partial charge in [-0.15, -0.1) is 0 Å². The highest BCUT2D eigenvalue weighted by atomic mass is 35.5. The molecule has 9 heteroatoms. The molecule has 40 heavy (non-hydrogen) atoms. The lowest BCUT2D eigenvalue weighted by molar-refractivity contribution is -0.122. The van der Waals surface area contributed by atoms with E-state index in [1.165, 1.54) is 11.8 Å². The highest BCUT2D eigenvalue weighted by molar-refractivity contribution is 8.26. The van der Waals surface area contributed by atoms with Crippen LogP contribution >= 0.6 is 35.6 Å². The minimum absolute atomic E-state index is 0.162. The zero-order valence-electron chi connectivity index (χ0n) is 21.1. The van der Waals surface area contributed by atoms with Gasteiger partial charge in [0.1, 0.15) is 28.1 Å². The minimum Gasteiger partial charge on any atom is -0.489 e. The number of amides is 1. The Balaban J connectivity index is 1.32. The number of aromatic nitrogens is 2. The molecule has 0 bridgehead atoms. The van der Waals surface area contributed by atoms with Crippen LogP contribution < -0.4 is 4.74 Å². The molecular weight excluding hydrogens is 562 g/mol. The van der Waals surface area contributed by atoms with Crippen molar-refractivity contribution in [2.75, 3.05) is 0 Å². The van der Waals surface area contributed by atoms with Crippen molar-refractivity contribution < 1.29 is 13.9 Å². The fourth-order valence-electron chi connectivity index (χ4n) is 4.25. The molecule has 3 heterocycles. The molecule has 0 unspecified atom stereocenters. The van der Waals surface area contributed by atoms with Crippen LogP contribution in [0.25, 0.3) is 23.0 Å². The largest absolute Gasteiger partial charge is 0.489 e. The monoisotopic (exact) mass is 583 g/mol. The molecule has 2 aromatic heterocycles. The Labute approximate surface area is 245 Å². The topological polar surface area (TPSA) is 60.5 Å². The van der Waals surface area contributed by atoms with E-state index in [0.29, 0.717) is 32.4 Å². The number of ether oxygens (including phenoxy) is 1. The van der Waals surface area contributed by atoms with Gasteiger partial charge in [-0.2, -0.15) is 5.10 Å². The Morgan fingerprint density at radius 3 is 2.60 bits per heavy atom. The van der Waals surface area contributed by atoms with Gasteiger partial charge >= 0.3 is 0 Å². The first-order chi connectivity index (χ1) is 19.5. The fourth-order valence-corrected chi connectivity index (χ4v) is 5.62. The SMILES string of the molecule is O=C1C(=Cc2cn(-c3ccccc3)nc2-c2cccc(OCc3ccc(Cl)cc3)c2)SC(=S)N1Cc1ccco1. The summed E-state index contributed by atoms with van der Waals surface area (Å²) < 4.78 is 13.8. The van der Waals surface area contributed by atoms with E-state index < -0.39 is 0 Å². The van der Waals surface area contributed by atoms with Gasteiger partial charge in [-0.3, -0.25) is 9.69 Å². The Morgan fingerprint density at radius 2 is 1.82 bits per heavy atom. The Hall–Kier alpha value is -4.11. The molecule has 3 aromatic carbocycles. The predicted octanol–water partition coefficient (Wildman–Crippen LogP) is 7.77. The van der Waals surface area contributed by atoms with E-state index in [9.17, 15) is 4.79 Å². The van der Waals surface area contributed by atoms with Gasteiger partial charge in [-0.25, -0.2) is 4.68 Å². The van der Waals surface area contributed by atoms with Gasteiger partial charge < -0.3 is 9.15 Å². The highest BCUT2D eigenvalue weighted by Crippen LogP contribution is 2.36. The van der Waals surface area contributed by atoms with E-state index in [-0.39, 0.29) is 12.5 Å². The van der Waals surface area contributed by atoms with Gasteiger partial charge in [0.15, 0.2) is 0 Å². The van der Waals surface area contributed by atoms with E-state index in [1.807, 2.05) is 102 Å². The number of thioether (sulfide) groups is 1. The number of hydrogen-bond acceptors (Lipinski definition) is 6. The molecule has 198 valence electrons.